The molecule has 0 radical (unpaired) electrons. The zero-order chi connectivity index (χ0) is 13.8. The molecule has 1 N–H and O–H groups in total. The quantitative estimate of drug-likeness (QED) is 0.846. The van der Waals surface area contributed by atoms with Crippen molar-refractivity contribution in [3.63, 3.8) is 0 Å². The van der Waals surface area contributed by atoms with Crippen molar-refractivity contribution in [3.05, 3.63) is 29.6 Å². The molecular weight excluding hydrogens is 249 g/mol. The number of hydrogen-bond donors (Lipinski definition) is 1. The first-order valence-electron chi connectivity index (χ1n) is 6.38. The monoisotopic (exact) mass is 267 g/mol. The molecule has 1 aliphatic rings. The summed E-state index contributed by atoms with van der Waals surface area (Å²) in [5.74, 6) is -0.361. The van der Waals surface area contributed by atoms with Gasteiger partial charge in [0.15, 0.2) is 11.6 Å². The molecule has 1 aliphatic carbocycles. The third-order valence-electron chi connectivity index (χ3n) is 3.22. The van der Waals surface area contributed by atoms with Crippen molar-refractivity contribution in [2.75, 3.05) is 20.3 Å². The summed E-state index contributed by atoms with van der Waals surface area (Å²) in [7, 11) is 1.40. The van der Waals surface area contributed by atoms with Crippen molar-refractivity contribution < 1.29 is 19.0 Å². The number of halogens is 1. The van der Waals surface area contributed by atoms with E-state index in [0.717, 1.165) is 12.8 Å². The van der Waals surface area contributed by atoms with Crippen LogP contribution in [0.1, 0.15) is 18.4 Å². The van der Waals surface area contributed by atoms with Crippen molar-refractivity contribution in [1.82, 2.24) is 4.90 Å². The molecule has 104 valence electrons. The number of hydrogen-bond acceptors (Lipinski definition) is 3. The summed E-state index contributed by atoms with van der Waals surface area (Å²) in [6, 6.07) is 4.78. The summed E-state index contributed by atoms with van der Waals surface area (Å²) in [6.45, 7) is 0.307. The molecule has 1 saturated carbocycles. The van der Waals surface area contributed by atoms with Gasteiger partial charge >= 0.3 is 0 Å². The molecule has 0 aliphatic heterocycles. The Morgan fingerprint density at radius 1 is 1.53 bits per heavy atom. The van der Waals surface area contributed by atoms with E-state index in [1.807, 2.05) is 0 Å². The number of aliphatic hydroxyl groups is 1. The first kappa shape index (κ1) is 13.8. The van der Waals surface area contributed by atoms with Crippen LogP contribution in [0.15, 0.2) is 18.2 Å². The number of nitrogens with zero attached hydrogens (tertiary/aromatic N) is 1. The molecule has 0 aromatic heterocycles. The molecule has 0 unspecified atom stereocenters. The Morgan fingerprint density at radius 3 is 2.79 bits per heavy atom. The molecule has 4 nitrogen and oxygen atoms in total. The van der Waals surface area contributed by atoms with Crippen LogP contribution in [0, 0.1) is 5.82 Å². The van der Waals surface area contributed by atoms with E-state index < -0.39 is 5.82 Å². The predicted molar refractivity (Wildman–Crippen MR) is 68.5 cm³/mol. The van der Waals surface area contributed by atoms with Gasteiger partial charge in [-0.1, -0.05) is 6.07 Å². The SMILES string of the molecule is COc1ccc(CC(=O)N(CCO)C2CC2)cc1F. The fraction of sp³-hybridized carbons (Fsp3) is 0.500. The lowest BCUT2D eigenvalue weighted by Crippen LogP contribution is -2.36. The molecule has 1 fully saturated rings. The maximum absolute atomic E-state index is 13.5. The van der Waals surface area contributed by atoms with E-state index in [-0.39, 0.29) is 30.7 Å². The number of carbonyl (C=O) groups is 1. The minimum Gasteiger partial charge on any atom is -0.494 e. The summed E-state index contributed by atoms with van der Waals surface area (Å²) < 4.78 is 18.4. The number of aliphatic hydroxyl groups excluding tert-OH is 1. The minimum absolute atomic E-state index is 0.0424. The zero-order valence-corrected chi connectivity index (χ0v) is 10.9. The van der Waals surface area contributed by atoms with Gasteiger partial charge < -0.3 is 14.7 Å². The fourth-order valence-electron chi connectivity index (χ4n) is 2.10. The molecule has 0 bridgehead atoms. The first-order valence-corrected chi connectivity index (χ1v) is 6.38. The van der Waals surface area contributed by atoms with E-state index in [4.69, 9.17) is 9.84 Å². The van der Waals surface area contributed by atoms with Gasteiger partial charge in [-0.05, 0) is 30.5 Å². The van der Waals surface area contributed by atoms with Crippen LogP contribution in [0.4, 0.5) is 4.39 Å². The Morgan fingerprint density at radius 2 is 2.26 bits per heavy atom. The zero-order valence-electron chi connectivity index (χ0n) is 10.9. The molecule has 0 heterocycles. The van der Waals surface area contributed by atoms with E-state index in [0.29, 0.717) is 12.1 Å². The highest BCUT2D eigenvalue weighted by molar-refractivity contribution is 5.79. The van der Waals surface area contributed by atoms with Crippen LogP contribution in [0.2, 0.25) is 0 Å². The van der Waals surface area contributed by atoms with Crippen molar-refractivity contribution in [1.29, 1.82) is 0 Å². The second kappa shape index (κ2) is 6.02. The van der Waals surface area contributed by atoms with Crippen molar-refractivity contribution in [2.24, 2.45) is 0 Å². The third kappa shape index (κ3) is 3.44. The predicted octanol–water partition coefficient (Wildman–Crippen LogP) is 1.36. The smallest absolute Gasteiger partial charge is 0.227 e. The second-order valence-electron chi connectivity index (χ2n) is 4.69. The summed E-state index contributed by atoms with van der Waals surface area (Å²) in [5.41, 5.74) is 0.617. The lowest BCUT2D eigenvalue weighted by molar-refractivity contribution is -0.131. The number of rotatable bonds is 6. The molecule has 1 amide bonds. The molecule has 5 heteroatoms. The van der Waals surface area contributed by atoms with E-state index in [2.05, 4.69) is 0 Å². The summed E-state index contributed by atoms with van der Waals surface area (Å²) in [6.07, 6.45) is 2.13. The van der Waals surface area contributed by atoms with Crippen LogP contribution in [0.5, 0.6) is 5.75 Å². The molecule has 1 aromatic carbocycles. The van der Waals surface area contributed by atoms with Gasteiger partial charge in [-0.25, -0.2) is 4.39 Å². The Hall–Kier alpha value is -1.62. The van der Waals surface area contributed by atoms with E-state index in [9.17, 15) is 9.18 Å². The Bertz CT molecular complexity index is 460. The van der Waals surface area contributed by atoms with Crippen LogP contribution < -0.4 is 4.74 Å². The van der Waals surface area contributed by atoms with Crippen LogP contribution in [-0.2, 0) is 11.2 Å². The van der Waals surface area contributed by atoms with Gasteiger partial charge in [0.2, 0.25) is 5.91 Å². The molecule has 1 aromatic rings. The van der Waals surface area contributed by atoms with Crippen LogP contribution in [0.3, 0.4) is 0 Å². The summed E-state index contributed by atoms with van der Waals surface area (Å²) in [4.78, 5) is 13.8. The molecule has 0 saturated heterocycles. The number of carbonyl (C=O) groups excluding carboxylic acids is 1. The highest BCUT2D eigenvalue weighted by Crippen LogP contribution is 2.27. The average molecular weight is 267 g/mol. The lowest BCUT2D eigenvalue weighted by Gasteiger charge is -2.21. The Labute approximate surface area is 111 Å². The topological polar surface area (TPSA) is 49.8 Å². The van der Waals surface area contributed by atoms with E-state index in [1.165, 1.54) is 19.2 Å². The van der Waals surface area contributed by atoms with Crippen molar-refractivity contribution in [2.45, 2.75) is 25.3 Å². The Kier molecular flexibility index (Phi) is 4.37. The average Bonchev–Trinajstić information content (AvgIpc) is 3.20. The van der Waals surface area contributed by atoms with Gasteiger partial charge in [-0.2, -0.15) is 0 Å². The summed E-state index contributed by atoms with van der Waals surface area (Å²) >= 11 is 0. The number of amides is 1. The fourth-order valence-corrected chi connectivity index (χ4v) is 2.10. The highest BCUT2D eigenvalue weighted by atomic mass is 19.1. The molecule has 0 spiro atoms. The van der Waals surface area contributed by atoms with Gasteiger partial charge in [0.1, 0.15) is 0 Å². The third-order valence-corrected chi connectivity index (χ3v) is 3.22. The largest absolute Gasteiger partial charge is 0.494 e. The van der Waals surface area contributed by atoms with Crippen LogP contribution in [-0.4, -0.2) is 42.2 Å². The normalized spacial score (nSPS) is 14.3. The minimum atomic E-state index is -0.465. The van der Waals surface area contributed by atoms with Gasteiger partial charge in [0.25, 0.3) is 0 Å². The van der Waals surface area contributed by atoms with Crippen LogP contribution >= 0.6 is 0 Å². The van der Waals surface area contributed by atoms with Gasteiger partial charge in [-0.15, -0.1) is 0 Å². The molecule has 2 rings (SSSR count). The standard InChI is InChI=1S/C14H18FNO3/c1-19-13-5-2-10(8-12(13)15)9-14(18)16(6-7-17)11-3-4-11/h2,5,8,11,17H,3-4,6-7,9H2,1H3. The number of benzene rings is 1. The van der Waals surface area contributed by atoms with Gasteiger partial charge in [0.05, 0.1) is 20.1 Å². The van der Waals surface area contributed by atoms with Gasteiger partial charge in [0, 0.05) is 12.6 Å². The number of ether oxygens (including phenoxy) is 1. The second-order valence-corrected chi connectivity index (χ2v) is 4.69. The number of methoxy groups -OCH3 is 1. The van der Waals surface area contributed by atoms with Gasteiger partial charge in [-0.3, -0.25) is 4.79 Å². The maximum Gasteiger partial charge on any atom is 0.227 e. The molecule has 19 heavy (non-hydrogen) atoms. The van der Waals surface area contributed by atoms with E-state index >= 15 is 0 Å². The van der Waals surface area contributed by atoms with E-state index in [1.54, 1.807) is 11.0 Å². The lowest BCUT2D eigenvalue weighted by atomic mass is 10.1. The van der Waals surface area contributed by atoms with Crippen molar-refractivity contribution >= 4 is 5.91 Å². The van der Waals surface area contributed by atoms with Crippen molar-refractivity contribution in [3.8, 4) is 5.75 Å². The highest BCUT2D eigenvalue weighted by Gasteiger charge is 2.31. The van der Waals surface area contributed by atoms with Crippen LogP contribution in [0.25, 0.3) is 0 Å². The Balaban J connectivity index is 2.03. The summed E-state index contributed by atoms with van der Waals surface area (Å²) in [5, 5.41) is 8.97. The molecule has 0 atom stereocenters. The molecular formula is C14H18FNO3. The first-order chi connectivity index (χ1) is 9.15. The maximum atomic E-state index is 13.5.